The zero-order valence-corrected chi connectivity index (χ0v) is 14.8. The highest BCUT2D eigenvalue weighted by Crippen LogP contribution is 2.20. The topological polar surface area (TPSA) is 35.1 Å². The maximum atomic E-state index is 12.6. The van der Waals surface area contributed by atoms with Gasteiger partial charge >= 0.3 is 0 Å². The van der Waals surface area contributed by atoms with Crippen LogP contribution in [0.5, 0.6) is 0 Å². The second-order valence-corrected chi connectivity index (χ2v) is 6.84. The number of furan rings is 1. The van der Waals surface area contributed by atoms with Gasteiger partial charge in [0, 0.05) is 22.7 Å². The summed E-state index contributed by atoms with van der Waals surface area (Å²) in [6.07, 6.45) is 1.68. The van der Waals surface area contributed by atoms with Gasteiger partial charge in [-0.1, -0.05) is 30.3 Å². The van der Waals surface area contributed by atoms with Gasteiger partial charge in [-0.25, -0.2) is 0 Å². The molecule has 0 unspecified atom stereocenters. The van der Waals surface area contributed by atoms with Crippen molar-refractivity contribution in [2.75, 3.05) is 5.75 Å². The first-order chi connectivity index (χ1) is 11.6. The van der Waals surface area contributed by atoms with Gasteiger partial charge in [0.05, 0.1) is 18.6 Å². The van der Waals surface area contributed by atoms with Gasteiger partial charge < -0.3 is 8.98 Å². The number of Topliss-reactive ketones (excluding diaryl/α,β-unsaturated/α-hetero) is 1. The first-order valence-electron chi connectivity index (χ1n) is 7.99. The van der Waals surface area contributed by atoms with Crippen LogP contribution in [-0.4, -0.2) is 16.1 Å². The molecule has 2 heterocycles. The Bertz CT molecular complexity index is 804. The Balaban J connectivity index is 1.64. The Labute approximate surface area is 146 Å². The van der Waals surface area contributed by atoms with Crippen molar-refractivity contribution in [2.24, 2.45) is 0 Å². The largest absolute Gasteiger partial charge is 0.467 e. The highest BCUT2D eigenvalue weighted by Gasteiger charge is 2.16. The van der Waals surface area contributed by atoms with Gasteiger partial charge in [0.1, 0.15) is 5.76 Å². The van der Waals surface area contributed by atoms with Crippen LogP contribution >= 0.6 is 11.8 Å². The number of rotatable bonds is 7. The number of ketones is 1. The third-order valence-corrected chi connectivity index (χ3v) is 5.12. The van der Waals surface area contributed by atoms with Gasteiger partial charge in [-0.15, -0.1) is 11.8 Å². The standard InChI is InChI=1S/C20H21NO2S/c1-15-11-19(16(2)21(15)12-18-9-6-10-23-18)20(22)14-24-13-17-7-4-3-5-8-17/h3-11H,12-14H2,1-2H3. The molecule has 0 spiro atoms. The lowest BCUT2D eigenvalue weighted by atomic mass is 10.2. The molecule has 0 N–H and O–H groups in total. The molecule has 0 amide bonds. The molecule has 0 aliphatic carbocycles. The molecule has 1 aromatic carbocycles. The summed E-state index contributed by atoms with van der Waals surface area (Å²) in [6.45, 7) is 4.70. The maximum absolute atomic E-state index is 12.6. The van der Waals surface area contributed by atoms with Gasteiger partial charge in [0.25, 0.3) is 0 Å². The molecule has 124 valence electrons. The zero-order chi connectivity index (χ0) is 16.9. The smallest absolute Gasteiger partial charge is 0.174 e. The number of aryl methyl sites for hydroxylation is 1. The van der Waals surface area contributed by atoms with E-state index in [0.29, 0.717) is 12.3 Å². The first-order valence-corrected chi connectivity index (χ1v) is 9.14. The molecule has 3 aromatic rings. The Morgan fingerprint density at radius 2 is 1.92 bits per heavy atom. The summed E-state index contributed by atoms with van der Waals surface area (Å²) in [4.78, 5) is 12.6. The fourth-order valence-electron chi connectivity index (χ4n) is 2.80. The fourth-order valence-corrected chi connectivity index (χ4v) is 3.67. The van der Waals surface area contributed by atoms with Crippen LogP contribution in [0.4, 0.5) is 0 Å². The number of nitrogens with zero attached hydrogens (tertiary/aromatic N) is 1. The Morgan fingerprint density at radius 3 is 2.62 bits per heavy atom. The summed E-state index contributed by atoms with van der Waals surface area (Å²) in [7, 11) is 0. The summed E-state index contributed by atoms with van der Waals surface area (Å²) in [5.41, 5.74) is 4.16. The van der Waals surface area contributed by atoms with Crippen molar-refractivity contribution in [1.82, 2.24) is 4.57 Å². The van der Waals surface area contributed by atoms with Gasteiger partial charge in [-0.2, -0.15) is 0 Å². The average Bonchev–Trinajstić information content (AvgIpc) is 3.19. The van der Waals surface area contributed by atoms with E-state index in [0.717, 1.165) is 28.5 Å². The second-order valence-electron chi connectivity index (χ2n) is 5.85. The molecule has 0 atom stereocenters. The summed E-state index contributed by atoms with van der Waals surface area (Å²) in [6, 6.07) is 16.1. The molecule has 3 rings (SSSR count). The van der Waals surface area contributed by atoms with E-state index in [1.165, 1.54) is 5.56 Å². The van der Waals surface area contributed by atoms with E-state index in [9.17, 15) is 4.79 Å². The Morgan fingerprint density at radius 1 is 1.12 bits per heavy atom. The van der Waals surface area contributed by atoms with E-state index in [4.69, 9.17) is 4.42 Å². The van der Waals surface area contributed by atoms with Crippen LogP contribution in [-0.2, 0) is 12.3 Å². The van der Waals surface area contributed by atoms with Crippen LogP contribution in [0.15, 0.2) is 59.2 Å². The summed E-state index contributed by atoms with van der Waals surface area (Å²) >= 11 is 1.66. The highest BCUT2D eigenvalue weighted by atomic mass is 32.2. The van der Waals surface area contributed by atoms with Crippen LogP contribution in [0.2, 0.25) is 0 Å². The first kappa shape index (κ1) is 16.7. The highest BCUT2D eigenvalue weighted by molar-refractivity contribution is 7.99. The van der Waals surface area contributed by atoms with Crippen molar-refractivity contribution >= 4 is 17.5 Å². The lowest BCUT2D eigenvalue weighted by molar-refractivity contribution is 0.102. The molecular formula is C20H21NO2S. The number of carbonyl (C=O) groups excluding carboxylic acids is 1. The lowest BCUT2D eigenvalue weighted by Crippen LogP contribution is -2.07. The van der Waals surface area contributed by atoms with E-state index < -0.39 is 0 Å². The minimum absolute atomic E-state index is 0.190. The Kier molecular flexibility index (Phi) is 5.26. The van der Waals surface area contributed by atoms with Gasteiger partial charge in [0.2, 0.25) is 0 Å². The number of hydrogen-bond donors (Lipinski definition) is 0. The van der Waals surface area contributed by atoms with Gasteiger partial charge in [-0.3, -0.25) is 4.79 Å². The third kappa shape index (κ3) is 3.82. The van der Waals surface area contributed by atoms with Crippen molar-refractivity contribution in [3.8, 4) is 0 Å². The van der Waals surface area contributed by atoms with E-state index >= 15 is 0 Å². The normalized spacial score (nSPS) is 10.9. The molecule has 0 bridgehead atoms. The molecule has 0 aliphatic heterocycles. The molecule has 4 heteroatoms. The minimum Gasteiger partial charge on any atom is -0.467 e. The molecule has 2 aromatic heterocycles. The van der Waals surface area contributed by atoms with Crippen molar-refractivity contribution in [1.29, 1.82) is 0 Å². The van der Waals surface area contributed by atoms with Crippen LogP contribution in [0.3, 0.4) is 0 Å². The third-order valence-electron chi connectivity index (χ3n) is 4.11. The predicted molar refractivity (Wildman–Crippen MR) is 98.7 cm³/mol. The van der Waals surface area contributed by atoms with Crippen LogP contribution in [0, 0.1) is 13.8 Å². The zero-order valence-electron chi connectivity index (χ0n) is 14.0. The molecule has 0 saturated heterocycles. The number of hydrogen-bond acceptors (Lipinski definition) is 3. The molecule has 24 heavy (non-hydrogen) atoms. The van der Waals surface area contributed by atoms with Crippen LogP contribution in [0.25, 0.3) is 0 Å². The molecule has 0 radical (unpaired) electrons. The average molecular weight is 339 g/mol. The molecule has 0 saturated carbocycles. The quantitative estimate of drug-likeness (QED) is 0.577. The summed E-state index contributed by atoms with van der Waals surface area (Å²) in [5, 5.41) is 0. The molecule has 0 fully saturated rings. The number of benzene rings is 1. The predicted octanol–water partition coefficient (Wildman–Crippen LogP) is 4.86. The fraction of sp³-hybridized carbons (Fsp3) is 0.250. The van der Waals surface area contributed by atoms with E-state index in [1.54, 1.807) is 18.0 Å². The minimum atomic E-state index is 0.190. The SMILES string of the molecule is Cc1cc(C(=O)CSCc2ccccc2)c(C)n1Cc1ccco1. The van der Waals surface area contributed by atoms with E-state index in [2.05, 4.69) is 16.7 Å². The van der Waals surface area contributed by atoms with E-state index in [-0.39, 0.29) is 5.78 Å². The van der Waals surface area contributed by atoms with Crippen LogP contribution < -0.4 is 0 Å². The van der Waals surface area contributed by atoms with Crippen molar-refractivity contribution < 1.29 is 9.21 Å². The van der Waals surface area contributed by atoms with Crippen molar-refractivity contribution in [3.63, 3.8) is 0 Å². The molecule has 0 aliphatic rings. The van der Waals surface area contributed by atoms with Gasteiger partial charge in [-0.05, 0) is 37.6 Å². The Hall–Kier alpha value is -2.20. The lowest BCUT2D eigenvalue weighted by Gasteiger charge is -2.08. The monoisotopic (exact) mass is 339 g/mol. The second kappa shape index (κ2) is 7.58. The number of carbonyl (C=O) groups is 1. The van der Waals surface area contributed by atoms with E-state index in [1.807, 2.05) is 50.2 Å². The number of aromatic nitrogens is 1. The summed E-state index contributed by atoms with van der Waals surface area (Å²) < 4.78 is 7.55. The summed E-state index contributed by atoms with van der Waals surface area (Å²) in [5.74, 6) is 2.45. The van der Waals surface area contributed by atoms with Crippen molar-refractivity contribution in [2.45, 2.75) is 26.1 Å². The maximum Gasteiger partial charge on any atom is 0.174 e. The molecular weight excluding hydrogens is 318 g/mol. The molecule has 3 nitrogen and oxygen atoms in total. The van der Waals surface area contributed by atoms with Crippen molar-refractivity contribution in [3.05, 3.63) is 83.1 Å². The van der Waals surface area contributed by atoms with Crippen LogP contribution in [0.1, 0.15) is 33.1 Å². The van der Waals surface area contributed by atoms with Gasteiger partial charge in [0.15, 0.2) is 5.78 Å². The number of thioether (sulfide) groups is 1.